The lowest BCUT2D eigenvalue weighted by Gasteiger charge is -2.14. The average molecular weight is 239 g/mol. The molecule has 1 atom stereocenters. The number of aromatic nitrogens is 2. The molecule has 5 nitrogen and oxygen atoms in total. The fourth-order valence-corrected chi connectivity index (χ4v) is 1.67. The zero-order chi connectivity index (χ0) is 12.8. The van der Waals surface area contributed by atoms with Crippen molar-refractivity contribution >= 4 is 5.97 Å². The maximum Gasteiger partial charge on any atom is 0.320 e. The SMILES string of the molecule is CCCNC(CCn1cnc(C)c1C)C(=O)O. The third-order valence-corrected chi connectivity index (χ3v) is 2.94. The van der Waals surface area contributed by atoms with E-state index in [0.717, 1.165) is 24.4 Å². The van der Waals surface area contributed by atoms with Crippen LogP contribution >= 0.6 is 0 Å². The summed E-state index contributed by atoms with van der Waals surface area (Å²) < 4.78 is 2.00. The Hall–Kier alpha value is -1.36. The molecule has 1 aromatic heterocycles. The number of carboxylic acids is 1. The molecule has 0 spiro atoms. The molecule has 96 valence electrons. The summed E-state index contributed by atoms with van der Waals surface area (Å²) in [4.78, 5) is 15.2. The Labute approximate surface area is 102 Å². The van der Waals surface area contributed by atoms with Crippen LogP contribution < -0.4 is 5.32 Å². The van der Waals surface area contributed by atoms with Gasteiger partial charge in [-0.15, -0.1) is 0 Å². The van der Waals surface area contributed by atoms with Crippen LogP contribution in [-0.4, -0.2) is 33.2 Å². The first-order valence-electron chi connectivity index (χ1n) is 6.00. The normalized spacial score (nSPS) is 12.6. The van der Waals surface area contributed by atoms with Gasteiger partial charge in [-0.05, 0) is 33.2 Å². The molecule has 0 aliphatic rings. The Morgan fingerprint density at radius 1 is 1.59 bits per heavy atom. The summed E-state index contributed by atoms with van der Waals surface area (Å²) in [5.74, 6) is -0.784. The van der Waals surface area contributed by atoms with Gasteiger partial charge in [0.05, 0.1) is 12.0 Å². The van der Waals surface area contributed by atoms with E-state index in [1.54, 1.807) is 6.33 Å². The van der Waals surface area contributed by atoms with Crippen molar-refractivity contribution in [2.45, 2.75) is 46.2 Å². The monoisotopic (exact) mass is 239 g/mol. The number of carboxylic acid groups (broad SMARTS) is 1. The minimum Gasteiger partial charge on any atom is -0.480 e. The lowest BCUT2D eigenvalue weighted by molar-refractivity contribution is -0.139. The molecule has 0 amide bonds. The number of nitrogens with one attached hydrogen (secondary N) is 1. The summed E-state index contributed by atoms with van der Waals surface area (Å²) >= 11 is 0. The van der Waals surface area contributed by atoms with Crippen LogP contribution in [0.15, 0.2) is 6.33 Å². The van der Waals surface area contributed by atoms with E-state index in [1.807, 2.05) is 25.3 Å². The van der Waals surface area contributed by atoms with Crippen molar-refractivity contribution in [1.82, 2.24) is 14.9 Å². The Morgan fingerprint density at radius 3 is 2.76 bits per heavy atom. The highest BCUT2D eigenvalue weighted by Gasteiger charge is 2.16. The van der Waals surface area contributed by atoms with Gasteiger partial charge in [0.1, 0.15) is 6.04 Å². The van der Waals surface area contributed by atoms with Crippen LogP contribution in [0.4, 0.5) is 0 Å². The van der Waals surface area contributed by atoms with E-state index in [2.05, 4.69) is 10.3 Å². The van der Waals surface area contributed by atoms with Gasteiger partial charge in [-0.25, -0.2) is 4.98 Å². The average Bonchev–Trinajstić information content (AvgIpc) is 2.60. The first-order chi connectivity index (χ1) is 8.06. The molecule has 17 heavy (non-hydrogen) atoms. The second kappa shape index (κ2) is 6.39. The number of nitrogens with zero attached hydrogens (tertiary/aromatic N) is 2. The highest BCUT2D eigenvalue weighted by Crippen LogP contribution is 2.06. The van der Waals surface area contributed by atoms with E-state index in [-0.39, 0.29) is 0 Å². The Morgan fingerprint density at radius 2 is 2.29 bits per heavy atom. The fraction of sp³-hybridized carbons (Fsp3) is 0.667. The first-order valence-corrected chi connectivity index (χ1v) is 6.00. The van der Waals surface area contributed by atoms with E-state index < -0.39 is 12.0 Å². The minimum atomic E-state index is -0.784. The Kier molecular flexibility index (Phi) is 5.15. The van der Waals surface area contributed by atoms with Crippen molar-refractivity contribution in [3.8, 4) is 0 Å². The quantitative estimate of drug-likeness (QED) is 0.753. The molecule has 0 radical (unpaired) electrons. The first kappa shape index (κ1) is 13.7. The summed E-state index contributed by atoms with van der Waals surface area (Å²) in [6, 6.07) is -0.475. The number of hydrogen-bond donors (Lipinski definition) is 2. The van der Waals surface area contributed by atoms with Gasteiger partial charge in [0.25, 0.3) is 0 Å². The molecule has 2 N–H and O–H groups in total. The predicted molar refractivity (Wildman–Crippen MR) is 66.0 cm³/mol. The van der Waals surface area contributed by atoms with Gasteiger partial charge >= 0.3 is 5.97 Å². The molecule has 1 rings (SSSR count). The zero-order valence-electron chi connectivity index (χ0n) is 10.7. The summed E-state index contributed by atoms with van der Waals surface area (Å²) in [5, 5.41) is 12.1. The van der Waals surface area contributed by atoms with Gasteiger partial charge in [-0.1, -0.05) is 6.92 Å². The van der Waals surface area contributed by atoms with Crippen LogP contribution in [0.3, 0.4) is 0 Å². The molecule has 1 aromatic rings. The molecule has 0 aromatic carbocycles. The molecule has 0 aliphatic heterocycles. The van der Waals surface area contributed by atoms with Crippen LogP contribution in [0.5, 0.6) is 0 Å². The van der Waals surface area contributed by atoms with Crippen LogP contribution in [0, 0.1) is 13.8 Å². The van der Waals surface area contributed by atoms with Crippen molar-refractivity contribution in [3.05, 3.63) is 17.7 Å². The smallest absolute Gasteiger partial charge is 0.320 e. The molecule has 0 aliphatic carbocycles. The Bertz CT molecular complexity index is 374. The van der Waals surface area contributed by atoms with Gasteiger partial charge in [0, 0.05) is 12.2 Å². The van der Waals surface area contributed by atoms with Crippen molar-refractivity contribution < 1.29 is 9.90 Å². The number of rotatable bonds is 7. The maximum absolute atomic E-state index is 11.0. The number of aryl methyl sites for hydroxylation is 2. The number of aliphatic carboxylic acids is 1. The molecule has 1 unspecified atom stereocenters. The van der Waals surface area contributed by atoms with Gasteiger partial charge in [-0.2, -0.15) is 0 Å². The summed E-state index contributed by atoms with van der Waals surface area (Å²) in [6.07, 6.45) is 3.28. The molecule has 1 heterocycles. The van der Waals surface area contributed by atoms with Gasteiger partial charge in [-0.3, -0.25) is 4.79 Å². The minimum absolute atomic E-state index is 0.475. The number of hydrogen-bond acceptors (Lipinski definition) is 3. The highest BCUT2D eigenvalue weighted by atomic mass is 16.4. The standard InChI is InChI=1S/C12H21N3O2/c1-4-6-13-11(12(16)17)5-7-15-8-14-9(2)10(15)3/h8,11,13H,4-7H2,1-3H3,(H,16,17). The van der Waals surface area contributed by atoms with Crippen LogP contribution in [0.1, 0.15) is 31.2 Å². The lowest BCUT2D eigenvalue weighted by atomic mass is 10.2. The topological polar surface area (TPSA) is 67.2 Å². The van der Waals surface area contributed by atoms with Crippen molar-refractivity contribution in [1.29, 1.82) is 0 Å². The maximum atomic E-state index is 11.0. The van der Waals surface area contributed by atoms with Crippen molar-refractivity contribution in [3.63, 3.8) is 0 Å². The summed E-state index contributed by atoms with van der Waals surface area (Å²) in [6.45, 7) is 7.39. The van der Waals surface area contributed by atoms with Crippen molar-refractivity contribution in [2.75, 3.05) is 6.54 Å². The summed E-state index contributed by atoms with van der Waals surface area (Å²) in [7, 11) is 0. The van der Waals surface area contributed by atoms with Crippen LogP contribution in [0.2, 0.25) is 0 Å². The number of imidazole rings is 1. The van der Waals surface area contributed by atoms with E-state index >= 15 is 0 Å². The molecule has 0 saturated heterocycles. The van der Waals surface area contributed by atoms with Gasteiger partial charge < -0.3 is 15.0 Å². The van der Waals surface area contributed by atoms with E-state index in [4.69, 9.17) is 5.11 Å². The molecule has 0 fully saturated rings. The van der Waals surface area contributed by atoms with Crippen molar-refractivity contribution in [2.24, 2.45) is 0 Å². The fourth-order valence-electron chi connectivity index (χ4n) is 1.67. The second-order valence-electron chi connectivity index (χ2n) is 4.24. The second-order valence-corrected chi connectivity index (χ2v) is 4.24. The lowest BCUT2D eigenvalue weighted by Crippen LogP contribution is -2.37. The van der Waals surface area contributed by atoms with Crippen LogP contribution in [0.25, 0.3) is 0 Å². The predicted octanol–water partition coefficient (Wildman–Crippen LogP) is 1.34. The van der Waals surface area contributed by atoms with Gasteiger partial charge in [0.15, 0.2) is 0 Å². The van der Waals surface area contributed by atoms with Crippen LogP contribution in [-0.2, 0) is 11.3 Å². The van der Waals surface area contributed by atoms with E-state index in [1.165, 1.54) is 0 Å². The molecular formula is C12H21N3O2. The van der Waals surface area contributed by atoms with E-state index in [0.29, 0.717) is 13.0 Å². The van der Waals surface area contributed by atoms with Gasteiger partial charge in [0.2, 0.25) is 0 Å². The number of carbonyl (C=O) groups is 1. The molecule has 0 bridgehead atoms. The zero-order valence-corrected chi connectivity index (χ0v) is 10.7. The third-order valence-electron chi connectivity index (χ3n) is 2.94. The van der Waals surface area contributed by atoms with E-state index in [9.17, 15) is 4.79 Å². The highest BCUT2D eigenvalue weighted by molar-refractivity contribution is 5.73. The molecular weight excluding hydrogens is 218 g/mol. The molecule has 5 heteroatoms. The third kappa shape index (κ3) is 3.85. The Balaban J connectivity index is 2.51. The largest absolute Gasteiger partial charge is 0.480 e. The summed E-state index contributed by atoms with van der Waals surface area (Å²) in [5.41, 5.74) is 2.10. The molecule has 0 saturated carbocycles.